The Bertz CT molecular complexity index is 356. The summed E-state index contributed by atoms with van der Waals surface area (Å²) in [5, 5.41) is 4.30. The molecule has 0 bridgehead atoms. The number of hydrogen-bond donors (Lipinski definition) is 1. The Hall–Kier alpha value is -0.530. The van der Waals surface area contributed by atoms with Crippen molar-refractivity contribution in [3.63, 3.8) is 0 Å². The molecular weight excluding hydrogens is 218 g/mol. The predicted octanol–water partition coefficient (Wildman–Crippen LogP) is 4.18. The Morgan fingerprint density at radius 3 is 2.56 bits per heavy atom. The van der Waals surface area contributed by atoms with E-state index in [1.165, 1.54) is 31.2 Å². The summed E-state index contributed by atoms with van der Waals surface area (Å²) in [6.07, 6.45) is 5.33. The van der Waals surface area contributed by atoms with Crippen LogP contribution < -0.4 is 5.32 Å². The van der Waals surface area contributed by atoms with Gasteiger partial charge in [0.25, 0.3) is 0 Å². The fraction of sp³-hybridized carbons (Fsp3) is 0.571. The minimum absolute atomic E-state index is 0.388. The van der Waals surface area contributed by atoms with Gasteiger partial charge in [0, 0.05) is 11.1 Å². The fourth-order valence-electron chi connectivity index (χ4n) is 3.08. The number of nitrogens with one attached hydrogen (secondary N) is 1. The molecule has 0 saturated heterocycles. The maximum Gasteiger partial charge on any atom is 0.0409 e. The third-order valence-corrected chi connectivity index (χ3v) is 4.15. The fourth-order valence-corrected chi connectivity index (χ4v) is 3.27. The highest BCUT2D eigenvalue weighted by Crippen LogP contribution is 2.47. The van der Waals surface area contributed by atoms with Gasteiger partial charge in [-0.05, 0) is 43.0 Å². The second-order valence-electron chi connectivity index (χ2n) is 5.14. The van der Waals surface area contributed by atoms with Crippen LogP contribution in [0.3, 0.4) is 0 Å². The van der Waals surface area contributed by atoms with Gasteiger partial charge in [0.1, 0.15) is 0 Å². The van der Waals surface area contributed by atoms with Crippen LogP contribution in [0.4, 0.5) is 0 Å². The van der Waals surface area contributed by atoms with Crippen LogP contribution >= 0.6 is 11.6 Å². The second kappa shape index (κ2) is 4.77. The molecule has 1 aromatic rings. The number of rotatable bonds is 3. The molecule has 88 valence electrons. The average Bonchev–Trinajstić information content (AvgIpc) is 2.67. The molecule has 1 fully saturated rings. The van der Waals surface area contributed by atoms with Crippen molar-refractivity contribution in [3.05, 3.63) is 34.9 Å². The quantitative estimate of drug-likeness (QED) is 0.832. The molecule has 1 aliphatic carbocycles. The SMILES string of the molecule is CNC(c1cccc(Cl)c1)C1(C)CCCC1. The molecule has 0 amide bonds. The van der Waals surface area contributed by atoms with E-state index >= 15 is 0 Å². The van der Waals surface area contributed by atoms with Crippen LogP contribution in [0, 0.1) is 5.41 Å². The van der Waals surface area contributed by atoms with E-state index in [1.807, 2.05) is 12.1 Å². The van der Waals surface area contributed by atoms with Crippen molar-refractivity contribution in [2.24, 2.45) is 5.41 Å². The normalized spacial score (nSPS) is 20.9. The third-order valence-electron chi connectivity index (χ3n) is 3.91. The maximum atomic E-state index is 6.07. The molecule has 16 heavy (non-hydrogen) atoms. The Kier molecular flexibility index (Phi) is 3.56. The molecule has 1 aromatic carbocycles. The lowest BCUT2D eigenvalue weighted by Gasteiger charge is -2.34. The van der Waals surface area contributed by atoms with Crippen LogP contribution in [0.5, 0.6) is 0 Å². The van der Waals surface area contributed by atoms with Crippen molar-refractivity contribution in [3.8, 4) is 0 Å². The first kappa shape index (κ1) is 11.9. The summed E-state index contributed by atoms with van der Waals surface area (Å²) < 4.78 is 0. The Morgan fingerprint density at radius 2 is 2.00 bits per heavy atom. The zero-order chi connectivity index (χ0) is 11.6. The van der Waals surface area contributed by atoms with E-state index < -0.39 is 0 Å². The zero-order valence-electron chi connectivity index (χ0n) is 10.1. The van der Waals surface area contributed by atoms with E-state index in [-0.39, 0.29) is 0 Å². The Labute approximate surface area is 103 Å². The molecule has 2 heteroatoms. The van der Waals surface area contributed by atoms with Crippen molar-refractivity contribution >= 4 is 11.6 Å². The summed E-state index contributed by atoms with van der Waals surface area (Å²) in [7, 11) is 2.05. The summed E-state index contributed by atoms with van der Waals surface area (Å²) >= 11 is 6.07. The van der Waals surface area contributed by atoms with Gasteiger partial charge in [-0.3, -0.25) is 0 Å². The summed E-state index contributed by atoms with van der Waals surface area (Å²) in [6.45, 7) is 2.39. The Balaban J connectivity index is 2.28. The van der Waals surface area contributed by atoms with Gasteiger partial charge in [-0.25, -0.2) is 0 Å². The number of benzene rings is 1. The zero-order valence-corrected chi connectivity index (χ0v) is 10.8. The molecule has 0 aliphatic heterocycles. The molecule has 1 N–H and O–H groups in total. The molecule has 1 unspecified atom stereocenters. The lowest BCUT2D eigenvalue weighted by Crippen LogP contribution is -2.32. The van der Waals surface area contributed by atoms with E-state index in [4.69, 9.17) is 11.6 Å². The number of hydrogen-bond acceptors (Lipinski definition) is 1. The molecule has 2 rings (SSSR count). The molecule has 1 atom stereocenters. The highest BCUT2D eigenvalue weighted by Gasteiger charge is 2.36. The van der Waals surface area contributed by atoms with E-state index in [1.54, 1.807) is 0 Å². The molecular formula is C14H20ClN. The van der Waals surface area contributed by atoms with Gasteiger partial charge in [-0.1, -0.05) is 43.5 Å². The van der Waals surface area contributed by atoms with Crippen LogP contribution in [-0.4, -0.2) is 7.05 Å². The minimum atomic E-state index is 0.388. The first-order valence-electron chi connectivity index (χ1n) is 6.08. The molecule has 1 nitrogen and oxygen atoms in total. The molecule has 0 radical (unpaired) electrons. The predicted molar refractivity (Wildman–Crippen MR) is 69.8 cm³/mol. The lowest BCUT2D eigenvalue weighted by atomic mass is 9.77. The lowest BCUT2D eigenvalue weighted by molar-refractivity contribution is 0.234. The summed E-state index contributed by atoms with van der Waals surface area (Å²) in [5.74, 6) is 0. The van der Waals surface area contributed by atoms with Crippen LogP contribution in [0.1, 0.15) is 44.2 Å². The van der Waals surface area contributed by atoms with Crippen LogP contribution in [0.15, 0.2) is 24.3 Å². The topological polar surface area (TPSA) is 12.0 Å². The van der Waals surface area contributed by atoms with E-state index in [2.05, 4.69) is 31.4 Å². The third kappa shape index (κ3) is 2.26. The van der Waals surface area contributed by atoms with Crippen LogP contribution in [0.25, 0.3) is 0 Å². The average molecular weight is 238 g/mol. The first-order valence-corrected chi connectivity index (χ1v) is 6.46. The highest BCUT2D eigenvalue weighted by atomic mass is 35.5. The second-order valence-corrected chi connectivity index (χ2v) is 5.57. The standard InChI is InChI=1S/C14H20ClN/c1-14(8-3-4-9-14)13(16-2)11-6-5-7-12(15)10-11/h5-7,10,13,16H,3-4,8-9H2,1-2H3. The van der Waals surface area contributed by atoms with Gasteiger partial charge >= 0.3 is 0 Å². The van der Waals surface area contributed by atoms with Gasteiger partial charge in [0.15, 0.2) is 0 Å². The van der Waals surface area contributed by atoms with Crippen molar-refractivity contribution in [1.29, 1.82) is 0 Å². The van der Waals surface area contributed by atoms with Gasteiger partial charge in [-0.2, -0.15) is 0 Å². The molecule has 0 heterocycles. The monoisotopic (exact) mass is 237 g/mol. The van der Waals surface area contributed by atoms with Crippen molar-refractivity contribution in [1.82, 2.24) is 5.32 Å². The summed E-state index contributed by atoms with van der Waals surface area (Å²) in [4.78, 5) is 0. The molecule has 0 aromatic heterocycles. The summed E-state index contributed by atoms with van der Waals surface area (Å²) in [5.41, 5.74) is 1.71. The maximum absolute atomic E-state index is 6.07. The first-order chi connectivity index (χ1) is 7.65. The van der Waals surface area contributed by atoms with Gasteiger partial charge in [-0.15, -0.1) is 0 Å². The van der Waals surface area contributed by atoms with E-state index in [0.717, 1.165) is 5.02 Å². The molecule has 1 saturated carbocycles. The van der Waals surface area contributed by atoms with Crippen molar-refractivity contribution < 1.29 is 0 Å². The molecule has 1 aliphatic rings. The highest BCUT2D eigenvalue weighted by molar-refractivity contribution is 6.30. The van der Waals surface area contributed by atoms with E-state index in [0.29, 0.717) is 11.5 Å². The van der Waals surface area contributed by atoms with Gasteiger partial charge in [0.2, 0.25) is 0 Å². The number of halogens is 1. The van der Waals surface area contributed by atoms with Crippen LogP contribution in [-0.2, 0) is 0 Å². The minimum Gasteiger partial charge on any atom is -0.313 e. The molecule has 0 spiro atoms. The Morgan fingerprint density at radius 1 is 1.31 bits per heavy atom. The van der Waals surface area contributed by atoms with Crippen molar-refractivity contribution in [2.45, 2.75) is 38.6 Å². The van der Waals surface area contributed by atoms with E-state index in [9.17, 15) is 0 Å². The van der Waals surface area contributed by atoms with Gasteiger partial charge < -0.3 is 5.32 Å². The smallest absolute Gasteiger partial charge is 0.0409 e. The van der Waals surface area contributed by atoms with Gasteiger partial charge in [0.05, 0.1) is 0 Å². The van der Waals surface area contributed by atoms with Crippen LogP contribution in [0.2, 0.25) is 5.02 Å². The largest absolute Gasteiger partial charge is 0.313 e. The summed E-state index contributed by atoms with van der Waals surface area (Å²) in [6, 6.07) is 8.67. The van der Waals surface area contributed by atoms with Crippen molar-refractivity contribution in [2.75, 3.05) is 7.05 Å².